The van der Waals surface area contributed by atoms with Gasteiger partial charge in [0.1, 0.15) is 24.1 Å². The third-order valence-corrected chi connectivity index (χ3v) is 4.18. The molecule has 3 rings (SSSR count). The second kappa shape index (κ2) is 7.42. The molecule has 3 N–H and O–H groups in total. The molecule has 0 spiro atoms. The smallest absolute Gasteiger partial charge is 0.253 e. The van der Waals surface area contributed by atoms with Crippen molar-refractivity contribution in [2.24, 2.45) is 0 Å². The minimum Gasteiger partial charge on any atom is -0.488 e. The number of nitrogens with one attached hydrogen (secondary N) is 1. The molecule has 0 bridgehead atoms. The monoisotopic (exact) mass is 328 g/mol. The van der Waals surface area contributed by atoms with Crippen molar-refractivity contribution in [3.63, 3.8) is 0 Å². The number of pyridine rings is 1. The lowest BCUT2D eigenvalue weighted by Gasteiger charge is -2.37. The van der Waals surface area contributed by atoms with Crippen molar-refractivity contribution in [1.82, 2.24) is 10.3 Å². The van der Waals surface area contributed by atoms with Gasteiger partial charge in [0.2, 0.25) is 0 Å². The van der Waals surface area contributed by atoms with Gasteiger partial charge in [-0.15, -0.1) is 0 Å². The Morgan fingerprint density at radius 3 is 2.58 bits per heavy atom. The summed E-state index contributed by atoms with van der Waals surface area (Å²) in [5.41, 5.74) is 0.418. The number of ether oxygens (including phenoxy) is 1. The lowest BCUT2D eigenvalue weighted by molar-refractivity contribution is -0.0874. The average molecular weight is 328 g/mol. The average Bonchev–Trinajstić information content (AvgIpc) is 2.63. The predicted octanol–water partition coefficient (Wildman–Crippen LogP) is 1.14. The fourth-order valence-corrected chi connectivity index (χ4v) is 2.85. The molecule has 1 aromatic heterocycles. The molecule has 126 valence electrons. The van der Waals surface area contributed by atoms with Crippen molar-refractivity contribution in [1.29, 1.82) is 0 Å². The number of amides is 1. The van der Waals surface area contributed by atoms with Gasteiger partial charge >= 0.3 is 0 Å². The minimum atomic E-state index is -1.09. The predicted molar refractivity (Wildman–Crippen MR) is 87.6 cm³/mol. The lowest BCUT2D eigenvalue weighted by Crippen LogP contribution is -2.57. The van der Waals surface area contributed by atoms with Gasteiger partial charge in [-0.05, 0) is 37.1 Å². The SMILES string of the molecule is O=C(N[C@@H]1CC[C@@H](Oc2ccccc2)[C@H](O)[C@H]1O)c1cccnc1. The van der Waals surface area contributed by atoms with Crippen LogP contribution < -0.4 is 10.1 Å². The summed E-state index contributed by atoms with van der Waals surface area (Å²) < 4.78 is 5.74. The Kier molecular flexibility index (Phi) is 5.08. The molecule has 0 radical (unpaired) electrons. The van der Waals surface area contributed by atoms with Gasteiger partial charge in [0.25, 0.3) is 5.91 Å². The molecule has 6 heteroatoms. The van der Waals surface area contributed by atoms with Gasteiger partial charge in [0.15, 0.2) is 0 Å². The zero-order chi connectivity index (χ0) is 16.9. The van der Waals surface area contributed by atoms with E-state index in [0.717, 1.165) is 0 Å². The van der Waals surface area contributed by atoms with Crippen LogP contribution >= 0.6 is 0 Å². The zero-order valence-corrected chi connectivity index (χ0v) is 13.1. The lowest BCUT2D eigenvalue weighted by atomic mass is 9.87. The van der Waals surface area contributed by atoms with E-state index in [2.05, 4.69) is 10.3 Å². The van der Waals surface area contributed by atoms with Crippen molar-refractivity contribution in [2.75, 3.05) is 0 Å². The molecule has 4 atom stereocenters. The number of benzene rings is 1. The van der Waals surface area contributed by atoms with E-state index in [0.29, 0.717) is 24.2 Å². The van der Waals surface area contributed by atoms with Crippen molar-refractivity contribution in [3.05, 3.63) is 60.4 Å². The number of nitrogens with zero attached hydrogens (tertiary/aromatic N) is 1. The summed E-state index contributed by atoms with van der Waals surface area (Å²) >= 11 is 0. The summed E-state index contributed by atoms with van der Waals surface area (Å²) in [5.74, 6) is 0.327. The van der Waals surface area contributed by atoms with Crippen LogP contribution in [-0.4, -0.2) is 45.5 Å². The first-order valence-corrected chi connectivity index (χ1v) is 7.94. The number of aliphatic hydroxyl groups is 2. The summed E-state index contributed by atoms with van der Waals surface area (Å²) in [4.78, 5) is 16.1. The summed E-state index contributed by atoms with van der Waals surface area (Å²) in [6.45, 7) is 0. The minimum absolute atomic E-state index is 0.318. The molecule has 2 aromatic rings. The van der Waals surface area contributed by atoms with Gasteiger partial charge < -0.3 is 20.3 Å². The van der Waals surface area contributed by atoms with E-state index in [9.17, 15) is 15.0 Å². The summed E-state index contributed by atoms with van der Waals surface area (Å²) in [6, 6.07) is 12.0. The fraction of sp³-hybridized carbons (Fsp3) is 0.333. The molecule has 1 amide bonds. The van der Waals surface area contributed by atoms with Crippen molar-refractivity contribution in [3.8, 4) is 5.75 Å². The Labute approximate surface area is 140 Å². The molecule has 1 saturated carbocycles. The maximum absolute atomic E-state index is 12.2. The molecular formula is C18H20N2O4. The zero-order valence-electron chi connectivity index (χ0n) is 13.1. The standard InChI is InChI=1S/C18H20N2O4/c21-16-14(20-18(23)12-5-4-10-19-11-12)8-9-15(17(16)22)24-13-6-2-1-3-7-13/h1-7,10-11,14-17,21-22H,8-9H2,(H,20,23)/t14-,15-,16+,17+/m1/s1. The van der Waals surface area contributed by atoms with Crippen LogP contribution in [0.25, 0.3) is 0 Å². The Balaban J connectivity index is 1.60. The molecule has 0 unspecified atom stereocenters. The van der Waals surface area contributed by atoms with E-state index in [-0.39, 0.29) is 5.91 Å². The Bertz CT molecular complexity index is 665. The third-order valence-electron chi connectivity index (χ3n) is 4.18. The van der Waals surface area contributed by atoms with E-state index in [1.165, 1.54) is 6.20 Å². The van der Waals surface area contributed by atoms with Crippen LogP contribution in [-0.2, 0) is 0 Å². The van der Waals surface area contributed by atoms with E-state index in [1.54, 1.807) is 30.5 Å². The molecule has 1 aliphatic carbocycles. The molecule has 1 aromatic carbocycles. The van der Waals surface area contributed by atoms with Crippen molar-refractivity contribution < 1.29 is 19.7 Å². The second-order valence-electron chi connectivity index (χ2n) is 5.85. The molecule has 0 saturated heterocycles. The summed E-state index contributed by atoms with van der Waals surface area (Å²) in [6.07, 6.45) is 1.43. The molecule has 1 heterocycles. The second-order valence-corrected chi connectivity index (χ2v) is 5.85. The van der Waals surface area contributed by atoms with E-state index >= 15 is 0 Å². The van der Waals surface area contributed by atoms with Crippen LogP contribution in [0.4, 0.5) is 0 Å². The van der Waals surface area contributed by atoms with Crippen LogP contribution in [0.1, 0.15) is 23.2 Å². The first kappa shape index (κ1) is 16.4. The molecule has 1 aliphatic rings. The first-order chi connectivity index (χ1) is 11.6. The molecule has 24 heavy (non-hydrogen) atoms. The highest BCUT2D eigenvalue weighted by atomic mass is 16.5. The molecule has 1 fully saturated rings. The number of carbonyl (C=O) groups is 1. The van der Waals surface area contributed by atoms with Gasteiger partial charge in [-0.2, -0.15) is 0 Å². The van der Waals surface area contributed by atoms with Crippen LogP contribution in [0.3, 0.4) is 0 Å². The number of aliphatic hydroxyl groups excluding tert-OH is 2. The number of para-hydroxylation sites is 1. The van der Waals surface area contributed by atoms with Crippen LogP contribution in [0.5, 0.6) is 5.75 Å². The Morgan fingerprint density at radius 1 is 1.08 bits per heavy atom. The molecule has 6 nitrogen and oxygen atoms in total. The summed E-state index contributed by atoms with van der Waals surface area (Å²) in [5, 5.41) is 23.4. The van der Waals surface area contributed by atoms with Crippen LogP contribution in [0.2, 0.25) is 0 Å². The Morgan fingerprint density at radius 2 is 1.88 bits per heavy atom. The number of rotatable bonds is 4. The van der Waals surface area contributed by atoms with E-state index in [4.69, 9.17) is 4.74 Å². The number of hydrogen-bond donors (Lipinski definition) is 3. The number of aromatic nitrogens is 1. The van der Waals surface area contributed by atoms with Crippen LogP contribution in [0.15, 0.2) is 54.9 Å². The topological polar surface area (TPSA) is 91.7 Å². The Hall–Kier alpha value is -2.44. The fourth-order valence-electron chi connectivity index (χ4n) is 2.85. The normalized spacial score (nSPS) is 26.6. The third kappa shape index (κ3) is 3.72. The van der Waals surface area contributed by atoms with Gasteiger partial charge in [-0.3, -0.25) is 9.78 Å². The maximum atomic E-state index is 12.2. The highest BCUT2D eigenvalue weighted by molar-refractivity contribution is 5.94. The van der Waals surface area contributed by atoms with Gasteiger partial charge in [-0.25, -0.2) is 0 Å². The highest BCUT2D eigenvalue weighted by Crippen LogP contribution is 2.25. The van der Waals surface area contributed by atoms with Gasteiger partial charge in [0.05, 0.1) is 11.6 Å². The molecule has 0 aliphatic heterocycles. The van der Waals surface area contributed by atoms with Gasteiger partial charge in [-0.1, -0.05) is 18.2 Å². The number of hydrogen-bond acceptors (Lipinski definition) is 5. The van der Waals surface area contributed by atoms with Crippen molar-refractivity contribution >= 4 is 5.91 Å². The number of carbonyl (C=O) groups excluding carboxylic acids is 1. The van der Waals surface area contributed by atoms with Crippen molar-refractivity contribution in [2.45, 2.75) is 37.2 Å². The van der Waals surface area contributed by atoms with Crippen LogP contribution in [0, 0.1) is 0 Å². The first-order valence-electron chi connectivity index (χ1n) is 7.94. The molecular weight excluding hydrogens is 308 g/mol. The largest absolute Gasteiger partial charge is 0.488 e. The van der Waals surface area contributed by atoms with E-state index < -0.39 is 24.4 Å². The summed E-state index contributed by atoms with van der Waals surface area (Å²) in [7, 11) is 0. The highest BCUT2D eigenvalue weighted by Gasteiger charge is 2.39. The van der Waals surface area contributed by atoms with E-state index in [1.807, 2.05) is 18.2 Å². The maximum Gasteiger partial charge on any atom is 0.253 e. The quantitative estimate of drug-likeness (QED) is 0.783. The van der Waals surface area contributed by atoms with Gasteiger partial charge in [0, 0.05) is 12.4 Å².